The van der Waals surface area contributed by atoms with Gasteiger partial charge in [-0.15, -0.1) is 11.3 Å². The van der Waals surface area contributed by atoms with Crippen molar-refractivity contribution in [3.8, 4) is 0 Å². The summed E-state index contributed by atoms with van der Waals surface area (Å²) in [5.41, 5.74) is 5.84. The molecule has 1 aromatic rings. The number of hydrogen-bond acceptors (Lipinski definition) is 3. The van der Waals surface area contributed by atoms with Crippen LogP contribution < -0.4 is 11.1 Å². The second kappa shape index (κ2) is 4.97. The van der Waals surface area contributed by atoms with Gasteiger partial charge in [-0.05, 0) is 24.8 Å². The minimum atomic E-state index is -0.336. The second-order valence-corrected chi connectivity index (χ2v) is 5.56. The maximum absolute atomic E-state index is 10.9. The average molecular weight is 238 g/mol. The molecule has 1 heterocycles. The molecule has 3 N–H and O–H groups in total. The summed E-state index contributed by atoms with van der Waals surface area (Å²) < 4.78 is 0. The molecule has 2 atom stereocenters. The lowest BCUT2D eigenvalue weighted by atomic mass is 10.1. The highest BCUT2D eigenvalue weighted by molar-refractivity contribution is 7.10. The van der Waals surface area contributed by atoms with Crippen LogP contribution in [0.3, 0.4) is 0 Å². The highest BCUT2D eigenvalue weighted by atomic mass is 32.1. The first-order chi connectivity index (χ1) is 7.66. The topological polar surface area (TPSA) is 55.1 Å². The summed E-state index contributed by atoms with van der Waals surface area (Å²) in [6, 6.07) is 2.53. The van der Waals surface area contributed by atoms with E-state index in [1.807, 2.05) is 11.4 Å². The molecule has 0 spiro atoms. The predicted molar refractivity (Wildman–Crippen MR) is 66.5 cm³/mol. The van der Waals surface area contributed by atoms with E-state index in [-0.39, 0.29) is 5.91 Å². The molecule has 1 aliphatic carbocycles. The third-order valence-electron chi connectivity index (χ3n) is 3.34. The normalized spacial score (nSPS) is 24.8. The Hall–Kier alpha value is -0.870. The minimum Gasteiger partial charge on any atom is -0.366 e. The maximum atomic E-state index is 10.9. The van der Waals surface area contributed by atoms with Crippen LogP contribution in [0.1, 0.15) is 41.4 Å². The van der Waals surface area contributed by atoms with E-state index in [9.17, 15) is 4.79 Å². The predicted octanol–water partition coefficient (Wildman–Crippen LogP) is 2.13. The molecule has 2 unspecified atom stereocenters. The van der Waals surface area contributed by atoms with Gasteiger partial charge in [0.05, 0.1) is 5.56 Å². The standard InChI is InChI=1S/C12H18N2OS/c1-8-3-2-4-11(8)14-6-10-5-9(7-16-10)12(13)15/h5,7-8,11,14H,2-4,6H2,1H3,(H2,13,15). The first-order valence-electron chi connectivity index (χ1n) is 5.77. The first-order valence-corrected chi connectivity index (χ1v) is 6.65. The van der Waals surface area contributed by atoms with Crippen LogP contribution in [-0.2, 0) is 6.54 Å². The molecule has 16 heavy (non-hydrogen) atoms. The van der Waals surface area contributed by atoms with Crippen molar-refractivity contribution in [2.24, 2.45) is 11.7 Å². The van der Waals surface area contributed by atoms with E-state index >= 15 is 0 Å². The number of nitrogens with two attached hydrogens (primary N) is 1. The Morgan fingerprint density at radius 3 is 3.00 bits per heavy atom. The smallest absolute Gasteiger partial charge is 0.249 e. The van der Waals surface area contributed by atoms with Gasteiger partial charge < -0.3 is 11.1 Å². The van der Waals surface area contributed by atoms with E-state index in [1.54, 1.807) is 11.3 Å². The number of hydrogen-bond donors (Lipinski definition) is 2. The van der Waals surface area contributed by atoms with Crippen molar-refractivity contribution in [2.75, 3.05) is 0 Å². The van der Waals surface area contributed by atoms with Gasteiger partial charge in [0.1, 0.15) is 0 Å². The van der Waals surface area contributed by atoms with Crippen molar-refractivity contribution in [3.05, 3.63) is 21.9 Å². The van der Waals surface area contributed by atoms with E-state index in [4.69, 9.17) is 5.73 Å². The molecule has 0 radical (unpaired) electrons. The first kappa shape index (κ1) is 11.6. The third kappa shape index (κ3) is 2.62. The van der Waals surface area contributed by atoms with Gasteiger partial charge >= 0.3 is 0 Å². The Kier molecular flexibility index (Phi) is 3.61. The van der Waals surface area contributed by atoms with Crippen molar-refractivity contribution in [1.29, 1.82) is 0 Å². The second-order valence-electron chi connectivity index (χ2n) is 4.56. The monoisotopic (exact) mass is 238 g/mol. The zero-order valence-corrected chi connectivity index (χ0v) is 10.3. The van der Waals surface area contributed by atoms with Gasteiger partial charge in [-0.1, -0.05) is 13.3 Å². The summed E-state index contributed by atoms with van der Waals surface area (Å²) in [6.07, 6.45) is 3.93. The van der Waals surface area contributed by atoms with Crippen LogP contribution >= 0.6 is 11.3 Å². The molecule has 4 heteroatoms. The molecule has 0 saturated heterocycles. The Morgan fingerprint density at radius 2 is 2.44 bits per heavy atom. The Balaban J connectivity index is 1.87. The molecule has 0 aromatic carbocycles. The van der Waals surface area contributed by atoms with Gasteiger partial charge in [0.25, 0.3) is 0 Å². The molecular weight excluding hydrogens is 220 g/mol. The lowest BCUT2D eigenvalue weighted by molar-refractivity contribution is 0.100. The van der Waals surface area contributed by atoms with Crippen molar-refractivity contribution in [3.63, 3.8) is 0 Å². The quantitative estimate of drug-likeness (QED) is 0.844. The SMILES string of the molecule is CC1CCCC1NCc1cc(C(N)=O)cs1. The third-order valence-corrected chi connectivity index (χ3v) is 4.27. The number of carbonyl (C=O) groups is 1. The van der Waals surface area contributed by atoms with Gasteiger partial charge in [-0.25, -0.2) is 0 Å². The summed E-state index contributed by atoms with van der Waals surface area (Å²) in [5.74, 6) is 0.437. The number of nitrogens with one attached hydrogen (secondary N) is 1. The molecule has 2 rings (SSSR count). The van der Waals surface area contributed by atoms with Crippen molar-refractivity contribution >= 4 is 17.2 Å². The summed E-state index contributed by atoms with van der Waals surface area (Å²) in [4.78, 5) is 12.1. The fourth-order valence-corrected chi connectivity index (χ4v) is 3.11. The lowest BCUT2D eigenvalue weighted by Gasteiger charge is -2.16. The zero-order chi connectivity index (χ0) is 11.5. The van der Waals surface area contributed by atoms with Gasteiger partial charge in [-0.2, -0.15) is 0 Å². The van der Waals surface area contributed by atoms with Gasteiger partial charge in [0.15, 0.2) is 0 Å². The Morgan fingerprint density at radius 1 is 1.62 bits per heavy atom. The summed E-state index contributed by atoms with van der Waals surface area (Å²) in [6.45, 7) is 3.15. The average Bonchev–Trinajstić information content (AvgIpc) is 2.83. The highest BCUT2D eigenvalue weighted by Crippen LogP contribution is 2.25. The molecule has 1 saturated carbocycles. The molecule has 3 nitrogen and oxygen atoms in total. The zero-order valence-electron chi connectivity index (χ0n) is 9.53. The fourth-order valence-electron chi connectivity index (χ4n) is 2.28. The fraction of sp³-hybridized carbons (Fsp3) is 0.583. The van der Waals surface area contributed by atoms with Crippen molar-refractivity contribution in [2.45, 2.75) is 38.8 Å². The van der Waals surface area contributed by atoms with E-state index < -0.39 is 0 Å². The van der Waals surface area contributed by atoms with Crippen LogP contribution in [0.4, 0.5) is 0 Å². The van der Waals surface area contributed by atoms with Crippen LogP contribution in [0, 0.1) is 5.92 Å². The summed E-state index contributed by atoms with van der Waals surface area (Å²) >= 11 is 1.60. The van der Waals surface area contributed by atoms with E-state index in [2.05, 4.69) is 12.2 Å². The maximum Gasteiger partial charge on any atom is 0.249 e. The van der Waals surface area contributed by atoms with Gasteiger partial charge in [0.2, 0.25) is 5.91 Å². The molecule has 1 aliphatic rings. The van der Waals surface area contributed by atoms with Crippen LogP contribution in [0.2, 0.25) is 0 Å². The number of rotatable bonds is 4. The van der Waals surface area contributed by atoms with E-state index in [0.717, 1.165) is 12.5 Å². The van der Waals surface area contributed by atoms with Crippen molar-refractivity contribution < 1.29 is 4.79 Å². The summed E-state index contributed by atoms with van der Waals surface area (Å²) in [5, 5.41) is 5.39. The number of primary amides is 1. The van der Waals surface area contributed by atoms with Gasteiger partial charge in [0, 0.05) is 22.8 Å². The van der Waals surface area contributed by atoms with Crippen molar-refractivity contribution in [1.82, 2.24) is 5.32 Å². The molecule has 0 bridgehead atoms. The largest absolute Gasteiger partial charge is 0.366 e. The molecule has 0 aliphatic heterocycles. The minimum absolute atomic E-state index is 0.336. The molecule has 1 fully saturated rings. The van der Waals surface area contributed by atoms with Crippen LogP contribution in [0.15, 0.2) is 11.4 Å². The summed E-state index contributed by atoms with van der Waals surface area (Å²) in [7, 11) is 0. The van der Waals surface area contributed by atoms with E-state index in [1.165, 1.54) is 24.1 Å². The molecular formula is C12H18N2OS. The number of amides is 1. The highest BCUT2D eigenvalue weighted by Gasteiger charge is 2.22. The lowest BCUT2D eigenvalue weighted by Crippen LogP contribution is -2.30. The van der Waals surface area contributed by atoms with E-state index in [0.29, 0.717) is 11.6 Å². The molecule has 1 aromatic heterocycles. The molecule has 1 amide bonds. The van der Waals surface area contributed by atoms with Crippen LogP contribution in [0.25, 0.3) is 0 Å². The van der Waals surface area contributed by atoms with Crippen LogP contribution in [0.5, 0.6) is 0 Å². The number of carbonyl (C=O) groups excluding carboxylic acids is 1. The van der Waals surface area contributed by atoms with Crippen LogP contribution in [-0.4, -0.2) is 11.9 Å². The number of thiophene rings is 1. The molecule has 88 valence electrons. The van der Waals surface area contributed by atoms with Gasteiger partial charge in [-0.3, -0.25) is 4.79 Å². The Bertz CT molecular complexity index is 375. The Labute approximate surface area is 100 Å².